The highest BCUT2D eigenvalue weighted by Crippen LogP contribution is 2.29. The summed E-state index contributed by atoms with van der Waals surface area (Å²) in [6.45, 7) is 4.63. The average Bonchev–Trinajstić information content (AvgIpc) is 2.40. The van der Waals surface area contributed by atoms with Crippen LogP contribution in [0.5, 0.6) is 0 Å². The van der Waals surface area contributed by atoms with Crippen LogP contribution in [0.4, 0.5) is 4.79 Å². The predicted octanol–water partition coefficient (Wildman–Crippen LogP) is 1.68. The molecule has 0 aliphatic rings. The molecular formula is C13H22N2O3S. The van der Waals surface area contributed by atoms with Gasteiger partial charge in [-0.1, -0.05) is 13.8 Å². The van der Waals surface area contributed by atoms with E-state index in [0.717, 1.165) is 12.8 Å². The summed E-state index contributed by atoms with van der Waals surface area (Å²) in [5.74, 6) is 1.10. The Hall–Kier alpha value is -1.35. The van der Waals surface area contributed by atoms with Gasteiger partial charge in [-0.15, -0.1) is 12.3 Å². The maximum atomic E-state index is 11.7. The van der Waals surface area contributed by atoms with Crippen molar-refractivity contribution in [2.75, 3.05) is 12.8 Å². The van der Waals surface area contributed by atoms with Crippen molar-refractivity contribution in [3.05, 3.63) is 0 Å². The molecule has 3 N–H and O–H groups in total. The number of carbonyl (C=O) groups is 2. The second-order valence-corrected chi connectivity index (χ2v) is 5.49. The molecule has 108 valence electrons. The van der Waals surface area contributed by atoms with Gasteiger partial charge in [0.05, 0.1) is 0 Å². The summed E-state index contributed by atoms with van der Waals surface area (Å²) in [5, 5.41) is 14.0. The van der Waals surface area contributed by atoms with Crippen LogP contribution in [0.15, 0.2) is 0 Å². The van der Waals surface area contributed by atoms with Gasteiger partial charge in [-0.3, -0.25) is 0 Å². The molecule has 5 nitrogen and oxygen atoms in total. The van der Waals surface area contributed by atoms with Gasteiger partial charge in [0.2, 0.25) is 0 Å². The molecule has 0 saturated carbocycles. The number of carboxylic acids is 1. The van der Waals surface area contributed by atoms with Gasteiger partial charge in [0.1, 0.15) is 6.04 Å². The zero-order valence-electron chi connectivity index (χ0n) is 11.7. The fourth-order valence-corrected chi connectivity index (χ4v) is 2.42. The number of carbonyl (C=O) groups excluding carboxylic acids is 1. The lowest BCUT2D eigenvalue weighted by atomic mass is 10.0. The van der Waals surface area contributed by atoms with Crippen LogP contribution in [0.3, 0.4) is 0 Å². The number of thioether (sulfide) groups is 1. The first-order valence-electron chi connectivity index (χ1n) is 6.20. The van der Waals surface area contributed by atoms with Crippen molar-refractivity contribution in [3.8, 4) is 12.3 Å². The van der Waals surface area contributed by atoms with Gasteiger partial charge >= 0.3 is 12.0 Å². The van der Waals surface area contributed by atoms with Crippen molar-refractivity contribution < 1.29 is 14.7 Å². The van der Waals surface area contributed by atoms with Gasteiger partial charge in [0.25, 0.3) is 0 Å². The Kier molecular flexibility index (Phi) is 8.08. The summed E-state index contributed by atoms with van der Waals surface area (Å²) < 4.78 is -0.0117. The van der Waals surface area contributed by atoms with Crippen molar-refractivity contribution in [2.45, 2.75) is 43.9 Å². The Morgan fingerprint density at radius 3 is 2.37 bits per heavy atom. The molecule has 1 unspecified atom stereocenters. The topological polar surface area (TPSA) is 78.4 Å². The van der Waals surface area contributed by atoms with Gasteiger partial charge in [-0.05, 0) is 19.1 Å². The van der Waals surface area contributed by atoms with Crippen LogP contribution in [0.1, 0.15) is 33.1 Å². The standard InChI is InChI=1S/C13H22N2O3S/c1-5-8-10(11(16)17)15-12(18)14-9-13(6-2,7-3)19-4/h1,10H,6-9H2,2-4H3,(H,16,17)(H2,14,15,18). The normalized spacial score (nSPS) is 12.3. The number of hydrogen-bond acceptors (Lipinski definition) is 3. The quantitative estimate of drug-likeness (QED) is 0.593. The van der Waals surface area contributed by atoms with Crippen LogP contribution in [-0.4, -0.2) is 40.7 Å². The van der Waals surface area contributed by atoms with Crippen LogP contribution in [0, 0.1) is 12.3 Å². The molecule has 0 spiro atoms. The Balaban J connectivity index is 4.38. The van der Waals surface area contributed by atoms with E-state index in [1.807, 2.05) is 6.26 Å². The van der Waals surface area contributed by atoms with E-state index in [1.54, 1.807) is 11.8 Å². The smallest absolute Gasteiger partial charge is 0.327 e. The van der Waals surface area contributed by atoms with Gasteiger partial charge < -0.3 is 15.7 Å². The highest BCUT2D eigenvalue weighted by molar-refractivity contribution is 8.00. The van der Waals surface area contributed by atoms with E-state index in [-0.39, 0.29) is 11.2 Å². The Morgan fingerprint density at radius 2 is 2.00 bits per heavy atom. The predicted molar refractivity (Wildman–Crippen MR) is 78.2 cm³/mol. The first-order valence-corrected chi connectivity index (χ1v) is 7.43. The summed E-state index contributed by atoms with van der Waals surface area (Å²) in [4.78, 5) is 22.5. The lowest BCUT2D eigenvalue weighted by molar-refractivity contribution is -0.139. The van der Waals surface area contributed by atoms with E-state index in [9.17, 15) is 9.59 Å². The molecule has 0 aromatic heterocycles. The van der Waals surface area contributed by atoms with E-state index in [0.29, 0.717) is 6.54 Å². The average molecular weight is 286 g/mol. The molecule has 6 heteroatoms. The minimum atomic E-state index is -1.13. The minimum absolute atomic E-state index is 0.0117. The molecule has 0 radical (unpaired) electrons. The monoisotopic (exact) mass is 286 g/mol. The SMILES string of the molecule is C#CCC(NC(=O)NCC(CC)(CC)SC)C(=O)O. The molecule has 19 heavy (non-hydrogen) atoms. The zero-order chi connectivity index (χ0) is 14.9. The second kappa shape index (κ2) is 8.70. The molecule has 0 aromatic carbocycles. The van der Waals surface area contributed by atoms with Gasteiger partial charge in [-0.2, -0.15) is 11.8 Å². The number of carboxylic acid groups (broad SMARTS) is 1. The maximum absolute atomic E-state index is 11.7. The lowest BCUT2D eigenvalue weighted by Crippen LogP contribution is -2.49. The molecule has 0 fully saturated rings. The highest BCUT2D eigenvalue weighted by atomic mass is 32.2. The van der Waals surface area contributed by atoms with E-state index in [4.69, 9.17) is 11.5 Å². The zero-order valence-corrected chi connectivity index (χ0v) is 12.5. The molecule has 0 rings (SSSR count). The third kappa shape index (κ3) is 5.88. The Bertz CT molecular complexity index is 340. The summed E-state index contributed by atoms with van der Waals surface area (Å²) in [7, 11) is 0. The van der Waals surface area contributed by atoms with Gasteiger partial charge in [0, 0.05) is 17.7 Å². The summed E-state index contributed by atoms with van der Waals surface area (Å²) in [6, 6.07) is -1.54. The fraction of sp³-hybridized carbons (Fsp3) is 0.692. The number of amides is 2. The molecule has 0 aliphatic heterocycles. The molecule has 0 saturated heterocycles. The van der Waals surface area contributed by atoms with E-state index in [1.165, 1.54) is 0 Å². The number of rotatable bonds is 8. The van der Waals surface area contributed by atoms with Crippen molar-refractivity contribution >= 4 is 23.8 Å². The van der Waals surface area contributed by atoms with Crippen LogP contribution < -0.4 is 10.6 Å². The molecule has 1 atom stereocenters. The summed E-state index contributed by atoms with van der Waals surface area (Å²) in [6.07, 6.45) is 8.89. The van der Waals surface area contributed by atoms with Gasteiger partial charge in [-0.25, -0.2) is 9.59 Å². The van der Waals surface area contributed by atoms with Crippen molar-refractivity contribution in [1.29, 1.82) is 0 Å². The van der Waals surface area contributed by atoms with E-state index >= 15 is 0 Å². The number of nitrogens with one attached hydrogen (secondary N) is 2. The van der Waals surface area contributed by atoms with Crippen LogP contribution in [-0.2, 0) is 4.79 Å². The maximum Gasteiger partial charge on any atom is 0.327 e. The largest absolute Gasteiger partial charge is 0.480 e. The van der Waals surface area contributed by atoms with Crippen molar-refractivity contribution in [1.82, 2.24) is 10.6 Å². The van der Waals surface area contributed by atoms with Crippen LogP contribution in [0.2, 0.25) is 0 Å². The number of hydrogen-bond donors (Lipinski definition) is 3. The second-order valence-electron chi connectivity index (χ2n) is 4.22. The molecule has 0 aliphatic carbocycles. The van der Waals surface area contributed by atoms with E-state index < -0.39 is 18.0 Å². The van der Waals surface area contributed by atoms with Crippen LogP contribution in [0.25, 0.3) is 0 Å². The number of terminal acetylenes is 1. The third-order valence-electron chi connectivity index (χ3n) is 3.22. The number of urea groups is 1. The molecular weight excluding hydrogens is 264 g/mol. The summed E-state index contributed by atoms with van der Waals surface area (Å²) in [5.41, 5.74) is 0. The summed E-state index contributed by atoms with van der Waals surface area (Å²) >= 11 is 1.70. The van der Waals surface area contributed by atoms with E-state index in [2.05, 4.69) is 30.4 Å². The first kappa shape index (κ1) is 17.6. The molecule has 2 amide bonds. The first-order chi connectivity index (χ1) is 8.94. The molecule has 0 heterocycles. The fourth-order valence-electron chi connectivity index (χ4n) is 1.63. The Morgan fingerprint density at radius 1 is 1.42 bits per heavy atom. The van der Waals surface area contributed by atoms with Crippen molar-refractivity contribution in [3.63, 3.8) is 0 Å². The third-order valence-corrected chi connectivity index (χ3v) is 4.81. The highest BCUT2D eigenvalue weighted by Gasteiger charge is 2.26. The molecule has 0 aromatic rings. The Labute approximate surface area is 118 Å². The van der Waals surface area contributed by atoms with Gasteiger partial charge in [0.15, 0.2) is 0 Å². The lowest BCUT2D eigenvalue weighted by Gasteiger charge is -2.30. The molecule has 0 bridgehead atoms. The minimum Gasteiger partial charge on any atom is -0.480 e. The van der Waals surface area contributed by atoms with Crippen LogP contribution >= 0.6 is 11.8 Å². The number of aliphatic carboxylic acids is 1. The van der Waals surface area contributed by atoms with Crippen molar-refractivity contribution in [2.24, 2.45) is 0 Å².